The number of aromatic nitrogens is 3. The predicted molar refractivity (Wildman–Crippen MR) is 129 cm³/mol. The van der Waals surface area contributed by atoms with Crippen LogP contribution in [0.4, 0.5) is 11.5 Å². The fourth-order valence-electron chi connectivity index (χ4n) is 3.83. The molecule has 0 unspecified atom stereocenters. The van der Waals surface area contributed by atoms with Gasteiger partial charge in [0.1, 0.15) is 5.82 Å². The number of thiophene rings is 1. The van der Waals surface area contributed by atoms with E-state index in [9.17, 15) is 4.79 Å². The monoisotopic (exact) mass is 439 g/mol. The molecule has 0 fully saturated rings. The summed E-state index contributed by atoms with van der Waals surface area (Å²) in [7, 11) is 0. The minimum Gasteiger partial charge on any atom is -0.358 e. The van der Waals surface area contributed by atoms with Gasteiger partial charge in [0.2, 0.25) is 0 Å². The molecule has 4 heterocycles. The molecule has 0 aliphatic carbocycles. The summed E-state index contributed by atoms with van der Waals surface area (Å²) >= 11 is 1.42. The predicted octanol–water partition coefficient (Wildman–Crippen LogP) is 5.78. The summed E-state index contributed by atoms with van der Waals surface area (Å²) < 4.78 is 0. The van der Waals surface area contributed by atoms with Crippen LogP contribution in [0.15, 0.2) is 84.5 Å². The highest BCUT2D eigenvalue weighted by molar-refractivity contribution is 7.12. The van der Waals surface area contributed by atoms with Crippen LogP contribution in [-0.4, -0.2) is 20.9 Å². The molecule has 1 aromatic carbocycles. The van der Waals surface area contributed by atoms with Gasteiger partial charge in [-0.05, 0) is 60.8 Å². The first-order valence-corrected chi connectivity index (χ1v) is 11.1. The number of rotatable bonds is 6. The SMILES string of the molecule is Cc1[nH]c2ccc(NC(=O)c3cccs3)cc2c1[C@H](Nc1ccccn1)c1ccccn1. The van der Waals surface area contributed by atoms with Crippen molar-refractivity contribution >= 4 is 39.7 Å². The smallest absolute Gasteiger partial charge is 0.265 e. The van der Waals surface area contributed by atoms with E-state index in [-0.39, 0.29) is 11.9 Å². The Morgan fingerprint density at radius 2 is 1.84 bits per heavy atom. The molecule has 5 rings (SSSR count). The number of nitrogens with zero attached hydrogens (tertiary/aromatic N) is 2. The lowest BCUT2D eigenvalue weighted by Crippen LogP contribution is -2.15. The molecule has 0 saturated carbocycles. The fourth-order valence-corrected chi connectivity index (χ4v) is 4.45. The van der Waals surface area contributed by atoms with Gasteiger partial charge in [-0.15, -0.1) is 11.3 Å². The lowest BCUT2D eigenvalue weighted by atomic mass is 9.99. The number of aryl methyl sites for hydroxylation is 1. The molecule has 32 heavy (non-hydrogen) atoms. The maximum absolute atomic E-state index is 12.6. The van der Waals surface area contributed by atoms with E-state index in [4.69, 9.17) is 0 Å². The van der Waals surface area contributed by atoms with Gasteiger partial charge >= 0.3 is 0 Å². The number of amides is 1. The Morgan fingerprint density at radius 1 is 1.00 bits per heavy atom. The van der Waals surface area contributed by atoms with Gasteiger partial charge in [0.25, 0.3) is 5.91 Å². The quantitative estimate of drug-likeness (QED) is 0.313. The van der Waals surface area contributed by atoms with Gasteiger partial charge in [-0.3, -0.25) is 9.78 Å². The van der Waals surface area contributed by atoms with Crippen molar-refractivity contribution in [3.63, 3.8) is 0 Å². The number of carbonyl (C=O) groups is 1. The maximum Gasteiger partial charge on any atom is 0.265 e. The van der Waals surface area contributed by atoms with E-state index in [2.05, 4.69) is 32.5 Å². The number of hydrogen-bond acceptors (Lipinski definition) is 5. The number of H-pyrrole nitrogens is 1. The molecule has 1 amide bonds. The van der Waals surface area contributed by atoms with E-state index in [1.807, 2.05) is 72.1 Å². The Morgan fingerprint density at radius 3 is 2.56 bits per heavy atom. The first kappa shape index (κ1) is 20.0. The molecule has 158 valence electrons. The summed E-state index contributed by atoms with van der Waals surface area (Å²) in [5, 5.41) is 9.46. The highest BCUT2D eigenvalue weighted by Crippen LogP contribution is 2.35. The summed E-state index contributed by atoms with van der Waals surface area (Å²) in [5.41, 5.74) is 4.72. The van der Waals surface area contributed by atoms with Crippen molar-refractivity contribution in [1.82, 2.24) is 15.0 Å². The highest BCUT2D eigenvalue weighted by atomic mass is 32.1. The minimum atomic E-state index is -0.219. The van der Waals surface area contributed by atoms with E-state index < -0.39 is 0 Å². The van der Waals surface area contributed by atoms with E-state index in [1.54, 1.807) is 12.4 Å². The van der Waals surface area contributed by atoms with Gasteiger partial charge < -0.3 is 15.6 Å². The molecule has 0 aliphatic heterocycles. The van der Waals surface area contributed by atoms with Crippen molar-refractivity contribution in [1.29, 1.82) is 0 Å². The lowest BCUT2D eigenvalue weighted by molar-refractivity contribution is 0.103. The molecular formula is C25H21N5OS. The van der Waals surface area contributed by atoms with Crippen molar-refractivity contribution in [2.24, 2.45) is 0 Å². The summed E-state index contributed by atoms with van der Waals surface area (Å²) in [6.07, 6.45) is 3.55. The summed E-state index contributed by atoms with van der Waals surface area (Å²) in [6.45, 7) is 2.05. The normalized spacial score (nSPS) is 11.9. The maximum atomic E-state index is 12.6. The Kier molecular flexibility index (Phi) is 5.39. The van der Waals surface area contributed by atoms with Crippen molar-refractivity contribution in [3.05, 3.63) is 106 Å². The number of pyridine rings is 2. The number of aromatic amines is 1. The molecule has 0 radical (unpaired) electrons. The van der Waals surface area contributed by atoms with E-state index in [0.29, 0.717) is 4.88 Å². The standard InChI is InChI=1S/C25H21N5OS/c1-16-23(24(20-7-2-4-12-26-20)30-22-9-3-5-13-27-22)18-15-17(10-11-19(18)28-16)29-25(31)21-8-6-14-32-21/h2-15,24,28H,1H3,(H,27,30)(H,29,31)/t24-/m1/s1. The molecule has 7 heteroatoms. The second kappa shape index (κ2) is 8.64. The second-order valence-electron chi connectivity index (χ2n) is 7.40. The van der Waals surface area contributed by atoms with Crippen LogP contribution in [0.1, 0.15) is 32.7 Å². The summed E-state index contributed by atoms with van der Waals surface area (Å²) in [6, 6.07) is 21.0. The average Bonchev–Trinajstić information content (AvgIpc) is 3.47. The molecule has 0 saturated heterocycles. The highest BCUT2D eigenvalue weighted by Gasteiger charge is 2.23. The third-order valence-corrected chi connectivity index (χ3v) is 6.14. The number of nitrogens with one attached hydrogen (secondary N) is 3. The first-order chi connectivity index (χ1) is 15.7. The molecule has 0 spiro atoms. The van der Waals surface area contributed by atoms with Crippen molar-refractivity contribution in [3.8, 4) is 0 Å². The molecule has 1 atom stereocenters. The van der Waals surface area contributed by atoms with Crippen LogP contribution in [0.5, 0.6) is 0 Å². The van der Waals surface area contributed by atoms with Gasteiger partial charge in [0.05, 0.1) is 16.6 Å². The second-order valence-corrected chi connectivity index (χ2v) is 8.35. The van der Waals surface area contributed by atoms with Crippen LogP contribution in [-0.2, 0) is 0 Å². The van der Waals surface area contributed by atoms with Crippen molar-refractivity contribution in [2.75, 3.05) is 10.6 Å². The van der Waals surface area contributed by atoms with Crippen LogP contribution in [0.25, 0.3) is 10.9 Å². The van der Waals surface area contributed by atoms with Crippen LogP contribution in [0.2, 0.25) is 0 Å². The van der Waals surface area contributed by atoms with E-state index in [1.165, 1.54) is 11.3 Å². The van der Waals surface area contributed by atoms with Gasteiger partial charge in [-0.25, -0.2) is 4.98 Å². The Bertz CT molecular complexity index is 1350. The average molecular weight is 440 g/mol. The Balaban J connectivity index is 1.58. The molecule has 6 nitrogen and oxygen atoms in total. The largest absolute Gasteiger partial charge is 0.358 e. The lowest BCUT2D eigenvalue weighted by Gasteiger charge is -2.20. The van der Waals surface area contributed by atoms with Crippen LogP contribution < -0.4 is 10.6 Å². The van der Waals surface area contributed by atoms with Crippen LogP contribution in [0, 0.1) is 6.92 Å². The van der Waals surface area contributed by atoms with Crippen molar-refractivity contribution in [2.45, 2.75) is 13.0 Å². The molecule has 4 aromatic heterocycles. The van der Waals surface area contributed by atoms with Crippen LogP contribution >= 0.6 is 11.3 Å². The molecule has 3 N–H and O–H groups in total. The minimum absolute atomic E-state index is 0.110. The Labute approximate surface area is 189 Å². The Hall–Kier alpha value is -3.97. The summed E-state index contributed by atoms with van der Waals surface area (Å²) in [5.74, 6) is 0.653. The molecular weight excluding hydrogens is 418 g/mol. The van der Waals surface area contributed by atoms with E-state index in [0.717, 1.165) is 39.4 Å². The van der Waals surface area contributed by atoms with Crippen molar-refractivity contribution < 1.29 is 4.79 Å². The van der Waals surface area contributed by atoms with Gasteiger partial charge in [-0.2, -0.15) is 0 Å². The number of anilines is 2. The third kappa shape index (κ3) is 3.98. The van der Waals surface area contributed by atoms with Crippen LogP contribution in [0.3, 0.4) is 0 Å². The zero-order valence-corrected chi connectivity index (χ0v) is 18.2. The third-order valence-electron chi connectivity index (χ3n) is 5.27. The number of carbonyl (C=O) groups excluding carboxylic acids is 1. The molecule has 0 bridgehead atoms. The zero-order chi connectivity index (χ0) is 21.9. The zero-order valence-electron chi connectivity index (χ0n) is 17.4. The molecule has 5 aromatic rings. The summed E-state index contributed by atoms with van der Waals surface area (Å²) in [4.78, 5) is 25.8. The topological polar surface area (TPSA) is 82.7 Å². The van der Waals surface area contributed by atoms with Gasteiger partial charge in [0, 0.05) is 40.2 Å². The van der Waals surface area contributed by atoms with E-state index >= 15 is 0 Å². The van der Waals surface area contributed by atoms with Gasteiger partial charge in [0.15, 0.2) is 0 Å². The number of benzene rings is 1. The van der Waals surface area contributed by atoms with Gasteiger partial charge in [-0.1, -0.05) is 18.2 Å². The molecule has 0 aliphatic rings. The number of fused-ring (bicyclic) bond motifs is 1. The number of hydrogen-bond donors (Lipinski definition) is 3. The first-order valence-electron chi connectivity index (χ1n) is 10.2. The fraction of sp³-hybridized carbons (Fsp3) is 0.0800.